The number of hydrogen-bond acceptors (Lipinski definition) is 7. The molecule has 1 saturated heterocycles. The molecule has 6 nitrogen and oxygen atoms in total. The Balaban J connectivity index is 1.74. The number of halogens is 1. The number of rotatable bonds is 4. The van der Waals surface area contributed by atoms with Crippen molar-refractivity contribution in [3.8, 4) is 17.0 Å². The number of fused-ring (bicyclic) bond motifs is 1. The molecule has 9 heteroatoms. The van der Waals surface area contributed by atoms with E-state index in [4.69, 9.17) is 33.0 Å². The molecule has 0 aromatic carbocycles. The second kappa shape index (κ2) is 7.54. The molecule has 1 fully saturated rings. The molecule has 4 heterocycles. The van der Waals surface area contributed by atoms with Crippen molar-refractivity contribution in [3.63, 3.8) is 0 Å². The Morgan fingerprint density at radius 2 is 2.14 bits per heavy atom. The normalized spacial score (nSPS) is 15.6. The van der Waals surface area contributed by atoms with E-state index in [1.54, 1.807) is 30.7 Å². The summed E-state index contributed by atoms with van der Waals surface area (Å²) in [5, 5.41) is 3.79. The standard InChI is InChI=1S/C19H14ClN3O3S2/c1-9(2)25-18-14(20)4-10(7-22-18)13-8-21-6-11-3-12(26-16(11)13)5-15-17(24)23-19(27)28-15/h3-9H,1-2H3,(H,23,24,27). The minimum Gasteiger partial charge on any atom is -0.474 e. The van der Waals surface area contributed by atoms with Crippen molar-refractivity contribution in [1.82, 2.24) is 15.3 Å². The first-order chi connectivity index (χ1) is 13.4. The zero-order chi connectivity index (χ0) is 19.8. The van der Waals surface area contributed by atoms with Crippen LogP contribution >= 0.6 is 35.6 Å². The number of thiocarbonyl (C=S) groups is 1. The van der Waals surface area contributed by atoms with E-state index in [2.05, 4.69) is 15.3 Å². The molecule has 0 saturated carbocycles. The molecule has 3 aromatic rings. The summed E-state index contributed by atoms with van der Waals surface area (Å²) in [6.45, 7) is 3.82. The first-order valence-electron chi connectivity index (χ1n) is 8.35. The fourth-order valence-electron chi connectivity index (χ4n) is 2.69. The van der Waals surface area contributed by atoms with Crippen molar-refractivity contribution < 1.29 is 13.9 Å². The van der Waals surface area contributed by atoms with Crippen LogP contribution in [0, 0.1) is 0 Å². The lowest BCUT2D eigenvalue weighted by Gasteiger charge is -2.11. The zero-order valence-corrected chi connectivity index (χ0v) is 17.2. The Labute approximate surface area is 175 Å². The van der Waals surface area contributed by atoms with E-state index >= 15 is 0 Å². The number of hydrogen-bond donors (Lipinski definition) is 1. The number of pyridine rings is 2. The molecule has 142 valence electrons. The van der Waals surface area contributed by atoms with Crippen LogP contribution in [0.3, 0.4) is 0 Å². The lowest BCUT2D eigenvalue weighted by atomic mass is 10.1. The molecule has 1 amide bonds. The minimum atomic E-state index is -0.231. The lowest BCUT2D eigenvalue weighted by Crippen LogP contribution is -2.17. The number of nitrogens with zero attached hydrogens (tertiary/aromatic N) is 2. The predicted octanol–water partition coefficient (Wildman–Crippen LogP) is 4.82. The SMILES string of the molecule is CC(C)Oc1ncc(-c2cncc3cc(C=C4SC(=S)NC4=O)oc23)cc1Cl. The summed E-state index contributed by atoms with van der Waals surface area (Å²) in [5.41, 5.74) is 2.12. The maximum atomic E-state index is 11.9. The van der Waals surface area contributed by atoms with E-state index < -0.39 is 0 Å². The Kier molecular flexibility index (Phi) is 5.09. The molecule has 0 atom stereocenters. The largest absolute Gasteiger partial charge is 0.474 e. The predicted molar refractivity (Wildman–Crippen MR) is 114 cm³/mol. The second-order valence-corrected chi connectivity index (χ2v) is 8.41. The Bertz CT molecular complexity index is 1140. The quantitative estimate of drug-likeness (QED) is 0.468. The van der Waals surface area contributed by atoms with Gasteiger partial charge in [-0.1, -0.05) is 35.6 Å². The van der Waals surface area contributed by atoms with E-state index in [9.17, 15) is 4.79 Å². The van der Waals surface area contributed by atoms with Gasteiger partial charge in [-0.2, -0.15) is 0 Å². The maximum Gasteiger partial charge on any atom is 0.263 e. The molecule has 0 radical (unpaired) electrons. The van der Waals surface area contributed by atoms with Gasteiger partial charge in [0.15, 0.2) is 0 Å². The van der Waals surface area contributed by atoms with Gasteiger partial charge in [-0.05, 0) is 26.0 Å². The number of ether oxygens (including phenoxy) is 1. The zero-order valence-electron chi connectivity index (χ0n) is 14.9. The van der Waals surface area contributed by atoms with E-state index in [-0.39, 0.29) is 12.0 Å². The summed E-state index contributed by atoms with van der Waals surface area (Å²) in [6.07, 6.45) is 6.68. The Hall–Kier alpha value is -2.42. The minimum absolute atomic E-state index is 0.0276. The second-order valence-electron chi connectivity index (χ2n) is 6.28. The molecule has 1 aliphatic rings. The molecule has 0 unspecified atom stereocenters. The van der Waals surface area contributed by atoms with Gasteiger partial charge in [0.2, 0.25) is 5.88 Å². The van der Waals surface area contributed by atoms with E-state index in [0.717, 1.165) is 16.5 Å². The number of aromatic nitrogens is 2. The summed E-state index contributed by atoms with van der Waals surface area (Å²) in [7, 11) is 0. The van der Waals surface area contributed by atoms with Crippen molar-refractivity contribution in [1.29, 1.82) is 0 Å². The number of nitrogens with one attached hydrogen (secondary N) is 1. The van der Waals surface area contributed by atoms with Crippen LogP contribution < -0.4 is 10.1 Å². The highest BCUT2D eigenvalue weighted by Crippen LogP contribution is 2.35. The van der Waals surface area contributed by atoms with Crippen LogP contribution in [-0.2, 0) is 4.79 Å². The first-order valence-corrected chi connectivity index (χ1v) is 9.96. The average molecular weight is 432 g/mol. The van der Waals surface area contributed by atoms with Crippen molar-refractivity contribution >= 4 is 62.9 Å². The van der Waals surface area contributed by atoms with Crippen molar-refractivity contribution in [2.45, 2.75) is 20.0 Å². The van der Waals surface area contributed by atoms with Crippen LogP contribution in [-0.4, -0.2) is 26.3 Å². The first kappa shape index (κ1) is 18.9. The number of carbonyl (C=O) groups excluding carboxylic acids is 1. The molecule has 0 spiro atoms. The molecule has 28 heavy (non-hydrogen) atoms. The number of thioether (sulfide) groups is 1. The molecule has 0 aliphatic carbocycles. The van der Waals surface area contributed by atoms with Crippen LogP contribution in [0.5, 0.6) is 5.88 Å². The molecular weight excluding hydrogens is 418 g/mol. The van der Waals surface area contributed by atoms with Gasteiger partial charge in [0.05, 0.1) is 11.0 Å². The van der Waals surface area contributed by atoms with Crippen molar-refractivity contribution in [2.24, 2.45) is 0 Å². The fraction of sp³-hybridized carbons (Fsp3) is 0.158. The van der Waals surface area contributed by atoms with Crippen LogP contribution in [0.2, 0.25) is 5.02 Å². The van der Waals surface area contributed by atoms with Crippen molar-refractivity contribution in [2.75, 3.05) is 0 Å². The molecule has 1 N–H and O–H groups in total. The van der Waals surface area contributed by atoms with Gasteiger partial charge in [0.1, 0.15) is 20.7 Å². The molecule has 1 aliphatic heterocycles. The third kappa shape index (κ3) is 3.76. The number of furan rings is 1. The summed E-state index contributed by atoms with van der Waals surface area (Å²) < 4.78 is 12.0. The third-order valence-corrected chi connectivity index (χ3v) is 5.26. The summed E-state index contributed by atoms with van der Waals surface area (Å²) in [6, 6.07) is 3.58. The summed E-state index contributed by atoms with van der Waals surface area (Å²) in [5.74, 6) is 0.682. The number of carbonyl (C=O) groups is 1. The molecule has 4 rings (SSSR count). The average Bonchev–Trinajstić information content (AvgIpc) is 3.18. The van der Waals surface area contributed by atoms with E-state index in [0.29, 0.717) is 31.5 Å². The van der Waals surface area contributed by atoms with Crippen LogP contribution in [0.15, 0.2) is 40.0 Å². The Morgan fingerprint density at radius 1 is 1.32 bits per heavy atom. The highest BCUT2D eigenvalue weighted by atomic mass is 35.5. The van der Waals surface area contributed by atoms with Crippen molar-refractivity contribution in [3.05, 3.63) is 46.4 Å². The van der Waals surface area contributed by atoms with Crippen LogP contribution in [0.1, 0.15) is 19.6 Å². The third-order valence-electron chi connectivity index (χ3n) is 3.82. The molecular formula is C19H14ClN3O3S2. The maximum absolute atomic E-state index is 11.9. The van der Waals surface area contributed by atoms with Gasteiger partial charge in [-0.15, -0.1) is 0 Å². The summed E-state index contributed by atoms with van der Waals surface area (Å²) >= 11 is 12.5. The fourth-order valence-corrected chi connectivity index (χ4v) is 3.93. The Morgan fingerprint density at radius 3 is 2.82 bits per heavy atom. The van der Waals surface area contributed by atoms with Crippen LogP contribution in [0.4, 0.5) is 0 Å². The van der Waals surface area contributed by atoms with Gasteiger partial charge >= 0.3 is 0 Å². The molecule has 3 aromatic heterocycles. The number of amides is 1. The lowest BCUT2D eigenvalue weighted by molar-refractivity contribution is -0.115. The molecule has 0 bridgehead atoms. The van der Waals surface area contributed by atoms with Gasteiger partial charge in [0.25, 0.3) is 5.91 Å². The smallest absolute Gasteiger partial charge is 0.263 e. The van der Waals surface area contributed by atoms with Gasteiger partial charge in [-0.25, -0.2) is 4.98 Å². The highest BCUT2D eigenvalue weighted by molar-refractivity contribution is 8.26. The van der Waals surface area contributed by atoms with Gasteiger partial charge in [-0.3, -0.25) is 9.78 Å². The van der Waals surface area contributed by atoms with Gasteiger partial charge in [0, 0.05) is 41.2 Å². The summed E-state index contributed by atoms with van der Waals surface area (Å²) in [4.78, 5) is 20.9. The topological polar surface area (TPSA) is 77.3 Å². The highest BCUT2D eigenvalue weighted by Gasteiger charge is 2.23. The van der Waals surface area contributed by atoms with E-state index in [1.165, 1.54) is 11.8 Å². The van der Waals surface area contributed by atoms with Gasteiger partial charge < -0.3 is 14.5 Å². The van der Waals surface area contributed by atoms with Crippen LogP contribution in [0.25, 0.3) is 28.2 Å². The monoisotopic (exact) mass is 431 g/mol. The van der Waals surface area contributed by atoms with E-state index in [1.807, 2.05) is 19.9 Å².